The Labute approximate surface area is 101 Å². The summed E-state index contributed by atoms with van der Waals surface area (Å²) in [4.78, 5) is 4.08. The standard InChI is InChI=1S/C14H17N3/c15-6-5-11-1-2-12-9-13(3-4-14(11)12)17-8-7-16-10-17/h3-4,7-11H,1-2,5-6,15H2. The minimum absolute atomic E-state index is 0.673. The summed E-state index contributed by atoms with van der Waals surface area (Å²) in [5.41, 5.74) is 9.84. The second-order valence-corrected chi connectivity index (χ2v) is 4.67. The minimum Gasteiger partial charge on any atom is -0.330 e. The van der Waals surface area contributed by atoms with E-state index >= 15 is 0 Å². The highest BCUT2D eigenvalue weighted by Crippen LogP contribution is 2.36. The van der Waals surface area contributed by atoms with E-state index in [1.807, 2.05) is 18.7 Å². The van der Waals surface area contributed by atoms with Gasteiger partial charge in [-0.05, 0) is 55.0 Å². The summed E-state index contributed by atoms with van der Waals surface area (Å²) in [6.07, 6.45) is 9.17. The molecule has 1 aromatic heterocycles. The van der Waals surface area contributed by atoms with Crippen LogP contribution in [0, 0.1) is 0 Å². The van der Waals surface area contributed by atoms with E-state index in [0.717, 1.165) is 13.0 Å². The first-order chi connectivity index (χ1) is 8.38. The number of hydrogen-bond donors (Lipinski definition) is 1. The number of fused-ring (bicyclic) bond motifs is 1. The zero-order valence-corrected chi connectivity index (χ0v) is 9.84. The molecule has 1 heterocycles. The molecule has 1 aromatic carbocycles. The smallest absolute Gasteiger partial charge is 0.0991 e. The zero-order chi connectivity index (χ0) is 11.7. The Bertz CT molecular complexity index is 502. The van der Waals surface area contributed by atoms with E-state index in [9.17, 15) is 0 Å². The summed E-state index contributed by atoms with van der Waals surface area (Å²) in [5, 5.41) is 0. The first-order valence-electron chi connectivity index (χ1n) is 6.19. The fourth-order valence-electron chi connectivity index (χ4n) is 2.77. The van der Waals surface area contributed by atoms with Gasteiger partial charge in [0.2, 0.25) is 0 Å². The molecule has 1 atom stereocenters. The van der Waals surface area contributed by atoms with Gasteiger partial charge >= 0.3 is 0 Å². The maximum atomic E-state index is 5.66. The predicted molar refractivity (Wildman–Crippen MR) is 68.3 cm³/mol. The van der Waals surface area contributed by atoms with Crippen molar-refractivity contribution in [1.29, 1.82) is 0 Å². The lowest BCUT2D eigenvalue weighted by Crippen LogP contribution is -2.04. The molecule has 17 heavy (non-hydrogen) atoms. The van der Waals surface area contributed by atoms with Crippen LogP contribution in [-0.2, 0) is 6.42 Å². The summed E-state index contributed by atoms with van der Waals surface area (Å²) in [7, 11) is 0. The number of rotatable bonds is 3. The van der Waals surface area contributed by atoms with Crippen molar-refractivity contribution in [2.45, 2.75) is 25.2 Å². The van der Waals surface area contributed by atoms with E-state index in [4.69, 9.17) is 5.73 Å². The SMILES string of the molecule is NCCC1CCc2cc(-n3ccnc3)ccc21. The van der Waals surface area contributed by atoms with E-state index in [-0.39, 0.29) is 0 Å². The fraction of sp³-hybridized carbons (Fsp3) is 0.357. The predicted octanol–water partition coefficient (Wildman–Crippen LogP) is 2.25. The highest BCUT2D eigenvalue weighted by molar-refractivity contribution is 5.44. The molecule has 0 bridgehead atoms. The molecule has 1 aliphatic carbocycles. The number of benzene rings is 1. The number of imidazole rings is 1. The first kappa shape index (κ1) is 10.5. The first-order valence-corrected chi connectivity index (χ1v) is 6.19. The third-order valence-electron chi connectivity index (χ3n) is 3.65. The Kier molecular flexibility index (Phi) is 2.69. The second-order valence-electron chi connectivity index (χ2n) is 4.67. The van der Waals surface area contributed by atoms with Crippen LogP contribution in [0.1, 0.15) is 29.9 Å². The molecule has 0 saturated heterocycles. The van der Waals surface area contributed by atoms with Crippen molar-refractivity contribution in [3.63, 3.8) is 0 Å². The molecular weight excluding hydrogens is 210 g/mol. The van der Waals surface area contributed by atoms with Crippen LogP contribution in [0.25, 0.3) is 5.69 Å². The number of aromatic nitrogens is 2. The summed E-state index contributed by atoms with van der Waals surface area (Å²) < 4.78 is 2.05. The van der Waals surface area contributed by atoms with Crippen LogP contribution in [0.3, 0.4) is 0 Å². The third-order valence-corrected chi connectivity index (χ3v) is 3.65. The Morgan fingerprint density at radius 3 is 3.12 bits per heavy atom. The summed E-state index contributed by atoms with van der Waals surface area (Å²) in [6.45, 7) is 0.785. The van der Waals surface area contributed by atoms with Gasteiger partial charge in [-0.1, -0.05) is 6.07 Å². The molecule has 3 nitrogen and oxygen atoms in total. The van der Waals surface area contributed by atoms with E-state index in [2.05, 4.69) is 27.8 Å². The van der Waals surface area contributed by atoms with Gasteiger partial charge in [0, 0.05) is 18.1 Å². The van der Waals surface area contributed by atoms with E-state index in [0.29, 0.717) is 5.92 Å². The van der Waals surface area contributed by atoms with Crippen molar-refractivity contribution in [2.75, 3.05) is 6.54 Å². The van der Waals surface area contributed by atoms with Crippen molar-refractivity contribution in [1.82, 2.24) is 9.55 Å². The van der Waals surface area contributed by atoms with E-state index in [1.165, 1.54) is 29.7 Å². The van der Waals surface area contributed by atoms with Crippen LogP contribution in [0.4, 0.5) is 0 Å². The largest absolute Gasteiger partial charge is 0.330 e. The molecule has 1 aliphatic rings. The van der Waals surface area contributed by atoms with Gasteiger partial charge in [-0.15, -0.1) is 0 Å². The summed E-state index contributed by atoms with van der Waals surface area (Å²) in [6, 6.07) is 6.72. The van der Waals surface area contributed by atoms with Crippen molar-refractivity contribution < 1.29 is 0 Å². The molecule has 2 N–H and O–H groups in total. The highest BCUT2D eigenvalue weighted by Gasteiger charge is 2.21. The van der Waals surface area contributed by atoms with Crippen molar-refractivity contribution in [2.24, 2.45) is 5.73 Å². The van der Waals surface area contributed by atoms with Crippen LogP contribution >= 0.6 is 0 Å². The maximum Gasteiger partial charge on any atom is 0.0991 e. The number of nitrogens with zero attached hydrogens (tertiary/aromatic N) is 2. The Morgan fingerprint density at radius 1 is 1.41 bits per heavy atom. The highest BCUT2D eigenvalue weighted by atomic mass is 15.0. The topological polar surface area (TPSA) is 43.8 Å². The van der Waals surface area contributed by atoms with Gasteiger partial charge in [0.15, 0.2) is 0 Å². The second kappa shape index (κ2) is 4.34. The molecule has 0 saturated carbocycles. The van der Waals surface area contributed by atoms with Gasteiger partial charge in [-0.25, -0.2) is 4.98 Å². The van der Waals surface area contributed by atoms with E-state index in [1.54, 1.807) is 0 Å². The van der Waals surface area contributed by atoms with Crippen LogP contribution in [-0.4, -0.2) is 16.1 Å². The Hall–Kier alpha value is -1.61. The molecule has 88 valence electrons. The van der Waals surface area contributed by atoms with Gasteiger partial charge in [-0.3, -0.25) is 0 Å². The van der Waals surface area contributed by atoms with Gasteiger partial charge in [-0.2, -0.15) is 0 Å². The Balaban J connectivity index is 1.94. The monoisotopic (exact) mass is 227 g/mol. The molecule has 3 rings (SSSR count). The molecule has 0 radical (unpaired) electrons. The minimum atomic E-state index is 0.673. The summed E-state index contributed by atoms with van der Waals surface area (Å²) in [5.74, 6) is 0.673. The van der Waals surface area contributed by atoms with Gasteiger partial charge in [0.1, 0.15) is 0 Å². The van der Waals surface area contributed by atoms with Crippen molar-refractivity contribution >= 4 is 0 Å². The molecule has 1 unspecified atom stereocenters. The zero-order valence-electron chi connectivity index (χ0n) is 9.84. The molecule has 3 heteroatoms. The third kappa shape index (κ3) is 1.87. The molecule has 0 amide bonds. The normalized spacial score (nSPS) is 18.3. The average molecular weight is 227 g/mol. The van der Waals surface area contributed by atoms with E-state index < -0.39 is 0 Å². The fourth-order valence-corrected chi connectivity index (χ4v) is 2.77. The van der Waals surface area contributed by atoms with Gasteiger partial charge in [0.05, 0.1) is 6.33 Å². The number of aryl methyl sites for hydroxylation is 1. The molecular formula is C14H17N3. The van der Waals surface area contributed by atoms with Crippen LogP contribution < -0.4 is 5.73 Å². The van der Waals surface area contributed by atoms with Crippen LogP contribution in [0.15, 0.2) is 36.9 Å². The summed E-state index contributed by atoms with van der Waals surface area (Å²) >= 11 is 0. The molecule has 0 fully saturated rings. The van der Waals surface area contributed by atoms with Gasteiger partial charge in [0.25, 0.3) is 0 Å². The number of nitrogens with two attached hydrogens (primary N) is 1. The lowest BCUT2D eigenvalue weighted by molar-refractivity contribution is 0.627. The average Bonchev–Trinajstić information content (AvgIpc) is 2.98. The Morgan fingerprint density at radius 2 is 2.35 bits per heavy atom. The quantitative estimate of drug-likeness (QED) is 0.874. The van der Waals surface area contributed by atoms with Gasteiger partial charge < -0.3 is 10.3 Å². The maximum absolute atomic E-state index is 5.66. The lowest BCUT2D eigenvalue weighted by atomic mass is 9.98. The van der Waals surface area contributed by atoms with Crippen LogP contribution in [0.5, 0.6) is 0 Å². The molecule has 0 aliphatic heterocycles. The molecule has 0 spiro atoms. The van der Waals surface area contributed by atoms with Crippen LogP contribution in [0.2, 0.25) is 0 Å². The lowest BCUT2D eigenvalue weighted by Gasteiger charge is -2.11. The van der Waals surface area contributed by atoms with Crippen molar-refractivity contribution in [3.05, 3.63) is 48.0 Å². The number of hydrogen-bond acceptors (Lipinski definition) is 2. The molecule has 2 aromatic rings. The van der Waals surface area contributed by atoms with Crippen molar-refractivity contribution in [3.8, 4) is 5.69 Å².